The second-order valence-corrected chi connectivity index (χ2v) is 34.0. The summed E-state index contributed by atoms with van der Waals surface area (Å²) in [5.74, 6) is -16.1. The number of amides is 7. The molecule has 0 aromatic heterocycles. The number of carboxylic acid groups (broad SMARTS) is 1. The van der Waals surface area contributed by atoms with Gasteiger partial charge >= 0.3 is 5.97 Å². The molecule has 15 rings (SSSR count). The Kier molecular flexibility index (Phi) is 27.9. The smallest absolute Gasteiger partial charge is 0.330 e. The van der Waals surface area contributed by atoms with Gasteiger partial charge in [-0.2, -0.15) is 0 Å². The first-order valence-corrected chi connectivity index (χ1v) is 41.2. The zero-order valence-corrected chi connectivity index (χ0v) is 70.6. The van der Waals surface area contributed by atoms with E-state index in [1.54, 1.807) is 26.0 Å². The molecule has 36 nitrogen and oxygen atoms in total. The van der Waals surface area contributed by atoms with Gasteiger partial charge in [0.05, 0.1) is 53.5 Å². The summed E-state index contributed by atoms with van der Waals surface area (Å²) in [7, 11) is 1.48. The molecule has 0 spiro atoms. The van der Waals surface area contributed by atoms with Crippen molar-refractivity contribution in [3.8, 4) is 68.2 Å². The van der Waals surface area contributed by atoms with Crippen LogP contribution in [0.25, 0.3) is 22.3 Å². The van der Waals surface area contributed by atoms with Crippen molar-refractivity contribution < 1.29 is 127 Å². The number of primary amides is 1. The standard InChI is InChI=1S/C86H97Cl3N10O26/c1-35(2)22-51(92-7)77(110)98-67-69(105)42-15-20-55(49(88)24-42)120-57-26-44-27-58(73(57)125-84-74(71(107)70(106)59(34-100)122-84)124-62-32-86(6,76(109)37(4)119-62)93-33-38-8-10-39(11-9-38)40-12-17-45(87)18-13-40)121-56-21-16-43(25-50(56)89)72(123-61-31-85(5,91)75(108)36(3)118-61)68-82(115)97-66(83(116)117)48-28-46(101)29-54(103)63(48)47-23-41(14-19-53(47)102)64(79(112)99-68)96-80(113)65(44)95-78(111)52(30-60(90)104)94-81(67)114/h8-21,23-29,35-37,51-52,59,61-62,64-72,74-76,84,92-93,100-103,105-109H,22,30-34,91H2,1-7H3,(H2,90,104)(H,94,114)(H,95,111)(H,96,113)(H,97,115)(H,98,110)(H,99,112)(H,116,117)/t36-,37-,51-,52+,59-,61-,62-,64+,65+,66-,67-,68-,69-,70-,71?,72+,74-,75-,76-,84+,85-,86-/m0/s1. The Morgan fingerprint density at radius 2 is 1.22 bits per heavy atom. The van der Waals surface area contributed by atoms with E-state index >= 15 is 24.0 Å². The molecule has 0 radical (unpaired) electrons. The number of aliphatic hydroxyl groups excluding tert-OH is 6. The predicted octanol–water partition coefficient (Wildman–Crippen LogP) is 4.50. The van der Waals surface area contributed by atoms with E-state index in [4.69, 9.17) is 84.2 Å². The maximum atomic E-state index is 16.6. The molecule has 22 N–H and O–H groups in total. The average molecular weight is 1790 g/mol. The second kappa shape index (κ2) is 37.9. The van der Waals surface area contributed by atoms with E-state index in [-0.39, 0.29) is 59.2 Å². The molecule has 1 unspecified atom stereocenters. The Hall–Kier alpha value is -10.6. The minimum atomic E-state index is -2.40. The van der Waals surface area contributed by atoms with E-state index in [0.29, 0.717) is 5.02 Å². The van der Waals surface area contributed by atoms with Crippen LogP contribution in [0.3, 0.4) is 0 Å². The highest BCUT2D eigenvalue weighted by molar-refractivity contribution is 6.32. The van der Waals surface area contributed by atoms with Crippen LogP contribution < -0.4 is 68.2 Å². The van der Waals surface area contributed by atoms with Crippen LogP contribution >= 0.6 is 34.8 Å². The Labute approximate surface area is 730 Å². The fraction of sp³-hybridized carbons (Fsp3) is 0.419. The summed E-state index contributed by atoms with van der Waals surface area (Å²) in [4.78, 5) is 121. The van der Waals surface area contributed by atoms with Crippen LogP contribution in [-0.2, 0) is 68.6 Å². The third-order valence-electron chi connectivity index (χ3n) is 22.9. The number of hydrogen-bond donors (Lipinski definition) is 20. The van der Waals surface area contributed by atoms with Crippen molar-refractivity contribution in [2.24, 2.45) is 17.4 Å². The number of rotatable bonds is 19. The number of aliphatic carboxylic acids is 1. The predicted molar refractivity (Wildman–Crippen MR) is 445 cm³/mol. The lowest BCUT2D eigenvalue weighted by atomic mass is 9.84. The first-order chi connectivity index (χ1) is 59.2. The van der Waals surface area contributed by atoms with Crippen molar-refractivity contribution in [3.05, 3.63) is 176 Å². The quantitative estimate of drug-likeness (QED) is 0.0530. The van der Waals surface area contributed by atoms with Crippen molar-refractivity contribution >= 4 is 82.1 Å². The highest BCUT2D eigenvalue weighted by Gasteiger charge is 2.53. The van der Waals surface area contributed by atoms with Crippen molar-refractivity contribution in [2.45, 2.75) is 207 Å². The fourth-order valence-corrected chi connectivity index (χ4v) is 16.7. The van der Waals surface area contributed by atoms with Gasteiger partial charge in [0, 0.05) is 58.2 Å². The van der Waals surface area contributed by atoms with E-state index in [9.17, 15) is 65.4 Å². The molecule has 668 valence electrons. The van der Waals surface area contributed by atoms with Crippen LogP contribution in [-0.4, -0.2) is 215 Å². The van der Waals surface area contributed by atoms with E-state index in [1.807, 2.05) is 50.2 Å². The van der Waals surface area contributed by atoms with Crippen molar-refractivity contribution in [3.63, 3.8) is 0 Å². The highest BCUT2D eigenvalue weighted by Crippen LogP contribution is 2.51. The number of benzene rings is 7. The van der Waals surface area contributed by atoms with Gasteiger partial charge in [0.25, 0.3) is 0 Å². The van der Waals surface area contributed by atoms with Crippen molar-refractivity contribution in [1.82, 2.24) is 42.5 Å². The van der Waals surface area contributed by atoms with Gasteiger partial charge in [0.15, 0.2) is 36.2 Å². The van der Waals surface area contributed by atoms with Gasteiger partial charge in [-0.25, -0.2) is 4.79 Å². The van der Waals surface area contributed by atoms with Gasteiger partial charge in [-0.1, -0.05) is 103 Å². The van der Waals surface area contributed by atoms with Gasteiger partial charge in [0.1, 0.15) is 89.5 Å². The number of hydrogen-bond acceptors (Lipinski definition) is 28. The van der Waals surface area contributed by atoms with Gasteiger partial charge < -0.3 is 143 Å². The molecule has 125 heavy (non-hydrogen) atoms. The van der Waals surface area contributed by atoms with Gasteiger partial charge in [-0.15, -0.1) is 0 Å². The SMILES string of the molecule is CN[C@@H](CC(C)C)C(=O)N[C@@H]1C(=O)N[C@H](CC(N)=O)C(=O)N[C@H]2C(=O)N[C@H]3C(=O)N[C@H](C(=O)N[C@H](C(=O)O)c4cc(O)cc(O)c4-c4cc3ccc4O)[C@H](O[C@H]3C[C@](C)(N)[C@@H](O)[C@H](C)O3)c3ccc(c(Cl)c3)Oc3cc2cc(c3O[C@H]2O[C@@H](CO)[C@H](O)C(O)[C@@H]2O[C@H]2C[C@](C)(NCc3ccc(-c4ccc(Cl)cc4)cc3)[C@@H](O)[C@H](C)O2)Oc2ccc(cc2Cl)[C@@H]1O. The van der Waals surface area contributed by atoms with Gasteiger partial charge in [0.2, 0.25) is 53.4 Å². The second-order valence-electron chi connectivity index (χ2n) is 32.7. The number of nitrogens with one attached hydrogen (secondary N) is 8. The zero-order chi connectivity index (χ0) is 90.3. The van der Waals surface area contributed by atoms with Gasteiger partial charge in [-0.3, -0.25) is 33.6 Å². The van der Waals surface area contributed by atoms with E-state index in [1.165, 1.54) is 51.2 Å². The van der Waals surface area contributed by atoms with E-state index < -0.39 is 261 Å². The maximum absolute atomic E-state index is 16.6. The maximum Gasteiger partial charge on any atom is 0.330 e. The van der Waals surface area contributed by atoms with E-state index in [0.717, 1.165) is 65.2 Å². The molecule has 8 aliphatic heterocycles. The van der Waals surface area contributed by atoms with Crippen LogP contribution in [0.5, 0.6) is 46.0 Å². The van der Waals surface area contributed by atoms with Crippen LogP contribution in [0.15, 0.2) is 127 Å². The molecule has 3 fully saturated rings. The summed E-state index contributed by atoms with van der Waals surface area (Å²) >= 11 is 20.8. The molecule has 11 bridgehead atoms. The summed E-state index contributed by atoms with van der Waals surface area (Å²) in [6.07, 6.45) is -23.0. The number of aromatic hydroxyl groups is 3. The summed E-state index contributed by atoms with van der Waals surface area (Å²) in [6, 6.07) is 14.5. The van der Waals surface area contributed by atoms with Crippen molar-refractivity contribution in [1.29, 1.82) is 0 Å². The topological polar surface area (TPSA) is 561 Å². The normalized spacial score (nSPS) is 29.7. The number of phenolic OH excluding ortho intramolecular Hbond substituents is 3. The number of fused-ring (bicyclic) bond motifs is 15. The van der Waals surface area contributed by atoms with Crippen LogP contribution in [0, 0.1) is 5.92 Å². The number of phenols is 3. The monoisotopic (exact) mass is 1790 g/mol. The van der Waals surface area contributed by atoms with Crippen LogP contribution in [0.4, 0.5) is 0 Å². The average Bonchev–Trinajstić information content (AvgIpc) is 0.762. The molecule has 22 atom stereocenters. The minimum absolute atomic E-state index is 0.119. The lowest BCUT2D eigenvalue weighted by Gasteiger charge is -2.48. The Morgan fingerprint density at radius 1 is 0.632 bits per heavy atom. The molecule has 7 amide bonds. The van der Waals surface area contributed by atoms with Crippen molar-refractivity contribution in [2.75, 3.05) is 13.7 Å². The minimum Gasteiger partial charge on any atom is -0.508 e. The number of ether oxygens (including phenoxy) is 8. The van der Waals surface area contributed by atoms with Gasteiger partial charge in [-0.05, 0) is 153 Å². The highest BCUT2D eigenvalue weighted by atomic mass is 35.5. The number of carboxylic acids is 1. The first-order valence-electron chi connectivity index (χ1n) is 40.1. The number of likely N-dealkylation sites (N-methyl/N-ethyl adjacent to an activating group) is 1. The molecule has 0 saturated carbocycles. The molecule has 0 aliphatic carbocycles. The molecule has 39 heteroatoms. The molecular formula is C86H97Cl3N10O26. The lowest BCUT2D eigenvalue weighted by molar-refractivity contribution is -0.334. The summed E-state index contributed by atoms with van der Waals surface area (Å²) in [5, 5.41) is 138. The molecule has 8 aliphatic rings. The van der Waals surface area contributed by atoms with Crippen LogP contribution in [0.1, 0.15) is 131 Å². The van der Waals surface area contributed by atoms with E-state index in [2.05, 4.69) is 42.5 Å². The Bertz CT molecular complexity index is 5250. The number of aliphatic hydroxyl groups is 6. The third kappa shape index (κ3) is 20.1. The third-order valence-corrected chi connectivity index (χ3v) is 23.8. The summed E-state index contributed by atoms with van der Waals surface area (Å²) in [5.41, 5.74) is 9.60. The number of carbonyl (C=O) groups is 8. The lowest BCUT2D eigenvalue weighted by Crippen LogP contribution is -2.65. The summed E-state index contributed by atoms with van der Waals surface area (Å²) < 4.78 is 52.9. The molecular weight excluding hydrogens is 1700 g/mol. The van der Waals surface area contributed by atoms with Crippen LogP contribution in [0.2, 0.25) is 15.1 Å². The Morgan fingerprint density at radius 3 is 1.83 bits per heavy atom. The molecule has 8 heterocycles. The number of nitrogens with two attached hydrogens (primary N) is 2. The number of halogens is 3. The fourth-order valence-electron chi connectivity index (χ4n) is 16.2. The first kappa shape index (κ1) is 92.1. The largest absolute Gasteiger partial charge is 0.508 e. The molecule has 3 saturated heterocycles. The number of carbonyl (C=O) groups excluding carboxylic acids is 7. The zero-order valence-electron chi connectivity index (χ0n) is 68.3. The molecule has 7 aromatic rings. The molecule has 7 aromatic carbocycles. The Balaban J connectivity index is 1.02. The summed E-state index contributed by atoms with van der Waals surface area (Å²) in [6.45, 7) is 9.06.